The molecule has 0 aromatic heterocycles. The van der Waals surface area contributed by atoms with Gasteiger partial charge in [0.1, 0.15) is 5.82 Å². The van der Waals surface area contributed by atoms with Crippen molar-refractivity contribution < 1.29 is 9.18 Å². The number of hydrogen-bond donors (Lipinski definition) is 0. The molecule has 1 aliphatic rings. The number of carbonyl (C=O) groups excluding carboxylic acids is 1. The Morgan fingerprint density at radius 3 is 2.67 bits per heavy atom. The number of carbonyl (C=O) groups is 1. The van der Waals surface area contributed by atoms with E-state index in [9.17, 15) is 9.18 Å². The highest BCUT2D eigenvalue weighted by molar-refractivity contribution is 9.10. The maximum Gasteiger partial charge on any atom is 0.230 e. The first-order valence-corrected chi connectivity index (χ1v) is 7.74. The molecule has 2 aromatic carbocycles. The third-order valence-electron chi connectivity index (χ3n) is 3.83. The van der Waals surface area contributed by atoms with Gasteiger partial charge in [0.25, 0.3) is 0 Å². The molecule has 0 radical (unpaired) electrons. The first-order valence-electron chi connectivity index (χ1n) is 6.95. The van der Waals surface area contributed by atoms with E-state index in [-0.39, 0.29) is 17.6 Å². The van der Waals surface area contributed by atoms with Crippen molar-refractivity contribution in [1.29, 1.82) is 0 Å². The second kappa shape index (κ2) is 5.98. The van der Waals surface area contributed by atoms with Crippen molar-refractivity contribution >= 4 is 27.5 Å². The molecule has 0 aliphatic carbocycles. The van der Waals surface area contributed by atoms with Crippen LogP contribution in [0.15, 0.2) is 53.0 Å². The summed E-state index contributed by atoms with van der Waals surface area (Å²) in [5.74, 6) is -0.181. The standard InChI is InChI=1S/C17H15BrFNO/c18-14-4-6-16(7-5-14)20-9-8-13(17(20)21)10-12-2-1-3-15(19)11-12/h1-7,11,13H,8-10H2. The summed E-state index contributed by atoms with van der Waals surface area (Å²) in [5.41, 5.74) is 1.80. The lowest BCUT2D eigenvalue weighted by molar-refractivity contribution is -0.120. The van der Waals surface area contributed by atoms with Gasteiger partial charge in [-0.3, -0.25) is 4.79 Å². The highest BCUT2D eigenvalue weighted by Crippen LogP contribution is 2.28. The highest BCUT2D eigenvalue weighted by atomic mass is 79.9. The lowest BCUT2D eigenvalue weighted by Gasteiger charge is -2.17. The van der Waals surface area contributed by atoms with Gasteiger partial charge in [-0.15, -0.1) is 0 Å². The fourth-order valence-corrected chi connectivity index (χ4v) is 3.02. The molecule has 0 bridgehead atoms. The van der Waals surface area contributed by atoms with Crippen molar-refractivity contribution in [3.63, 3.8) is 0 Å². The molecule has 1 saturated heterocycles. The summed E-state index contributed by atoms with van der Waals surface area (Å²) in [6, 6.07) is 14.2. The molecule has 1 atom stereocenters. The highest BCUT2D eigenvalue weighted by Gasteiger charge is 2.32. The van der Waals surface area contributed by atoms with Crippen LogP contribution in [0.5, 0.6) is 0 Å². The van der Waals surface area contributed by atoms with Crippen LogP contribution in [0, 0.1) is 11.7 Å². The van der Waals surface area contributed by atoms with Gasteiger partial charge < -0.3 is 4.90 Å². The van der Waals surface area contributed by atoms with Gasteiger partial charge in [0.2, 0.25) is 5.91 Å². The maximum atomic E-state index is 13.2. The fourth-order valence-electron chi connectivity index (χ4n) is 2.75. The molecule has 1 fully saturated rings. The third kappa shape index (κ3) is 3.16. The summed E-state index contributed by atoms with van der Waals surface area (Å²) in [4.78, 5) is 14.3. The topological polar surface area (TPSA) is 20.3 Å². The van der Waals surface area contributed by atoms with E-state index in [4.69, 9.17) is 0 Å². The summed E-state index contributed by atoms with van der Waals surface area (Å²) in [6.07, 6.45) is 1.41. The lowest BCUT2D eigenvalue weighted by Crippen LogP contribution is -2.27. The van der Waals surface area contributed by atoms with Gasteiger partial charge in [0.05, 0.1) is 0 Å². The molecule has 2 nitrogen and oxygen atoms in total. The van der Waals surface area contributed by atoms with Gasteiger partial charge in [0.15, 0.2) is 0 Å². The Kier molecular flexibility index (Phi) is 4.06. The van der Waals surface area contributed by atoms with Crippen LogP contribution in [0.2, 0.25) is 0 Å². The zero-order chi connectivity index (χ0) is 14.8. The Hall–Kier alpha value is -1.68. The molecular weight excluding hydrogens is 333 g/mol. The van der Waals surface area contributed by atoms with Crippen molar-refractivity contribution in [1.82, 2.24) is 0 Å². The van der Waals surface area contributed by atoms with E-state index in [2.05, 4.69) is 15.9 Å². The second-order valence-corrected chi connectivity index (χ2v) is 6.20. The number of benzene rings is 2. The lowest BCUT2D eigenvalue weighted by atomic mass is 9.98. The molecule has 1 amide bonds. The minimum absolute atomic E-state index is 0.0598. The van der Waals surface area contributed by atoms with E-state index in [1.807, 2.05) is 35.2 Å². The van der Waals surface area contributed by atoms with Gasteiger partial charge >= 0.3 is 0 Å². The van der Waals surface area contributed by atoms with E-state index >= 15 is 0 Å². The fraction of sp³-hybridized carbons (Fsp3) is 0.235. The van der Waals surface area contributed by atoms with Crippen LogP contribution in [-0.2, 0) is 11.2 Å². The van der Waals surface area contributed by atoms with Gasteiger partial charge in [0, 0.05) is 22.6 Å². The molecule has 21 heavy (non-hydrogen) atoms. The second-order valence-electron chi connectivity index (χ2n) is 5.29. The van der Waals surface area contributed by atoms with Crippen LogP contribution >= 0.6 is 15.9 Å². The van der Waals surface area contributed by atoms with Gasteiger partial charge in [-0.2, -0.15) is 0 Å². The summed E-state index contributed by atoms with van der Waals surface area (Å²) in [7, 11) is 0. The SMILES string of the molecule is O=C1C(Cc2cccc(F)c2)CCN1c1ccc(Br)cc1. The van der Waals surface area contributed by atoms with E-state index in [1.165, 1.54) is 12.1 Å². The molecule has 1 unspecified atom stereocenters. The van der Waals surface area contributed by atoms with Crippen LogP contribution in [0.4, 0.5) is 10.1 Å². The third-order valence-corrected chi connectivity index (χ3v) is 4.35. The number of nitrogens with zero attached hydrogens (tertiary/aromatic N) is 1. The summed E-state index contributed by atoms with van der Waals surface area (Å²) < 4.78 is 14.2. The van der Waals surface area contributed by atoms with E-state index in [0.717, 1.165) is 28.7 Å². The first-order chi connectivity index (χ1) is 10.1. The number of hydrogen-bond acceptors (Lipinski definition) is 1. The molecular formula is C17H15BrFNO. The minimum Gasteiger partial charge on any atom is -0.312 e. The Morgan fingerprint density at radius 1 is 1.19 bits per heavy atom. The van der Waals surface area contributed by atoms with Crippen molar-refractivity contribution in [3.05, 3.63) is 64.4 Å². The molecule has 3 rings (SSSR count). The average molecular weight is 348 g/mol. The minimum atomic E-state index is -0.247. The van der Waals surface area contributed by atoms with Gasteiger partial charge in [-0.05, 0) is 54.8 Å². The molecule has 0 N–H and O–H groups in total. The molecule has 1 aliphatic heterocycles. The Morgan fingerprint density at radius 2 is 1.95 bits per heavy atom. The van der Waals surface area contributed by atoms with E-state index < -0.39 is 0 Å². The monoisotopic (exact) mass is 347 g/mol. The summed E-state index contributed by atoms with van der Waals surface area (Å²) >= 11 is 3.39. The van der Waals surface area contributed by atoms with Crippen molar-refractivity contribution in [2.75, 3.05) is 11.4 Å². The first kappa shape index (κ1) is 14.3. The summed E-state index contributed by atoms with van der Waals surface area (Å²) in [6.45, 7) is 0.723. The quantitative estimate of drug-likeness (QED) is 0.815. The molecule has 4 heteroatoms. The predicted octanol–water partition coefficient (Wildman–Crippen LogP) is 4.18. The number of anilines is 1. The zero-order valence-electron chi connectivity index (χ0n) is 11.4. The molecule has 0 spiro atoms. The van der Waals surface area contributed by atoms with Crippen molar-refractivity contribution in [3.8, 4) is 0 Å². The molecule has 1 heterocycles. The Labute approximate surface area is 131 Å². The van der Waals surface area contributed by atoms with Gasteiger partial charge in [-0.1, -0.05) is 28.1 Å². The van der Waals surface area contributed by atoms with Crippen LogP contribution in [-0.4, -0.2) is 12.5 Å². The van der Waals surface area contributed by atoms with E-state index in [1.54, 1.807) is 6.07 Å². The molecule has 108 valence electrons. The van der Waals surface area contributed by atoms with Crippen LogP contribution in [0.25, 0.3) is 0 Å². The van der Waals surface area contributed by atoms with E-state index in [0.29, 0.717) is 6.42 Å². The predicted molar refractivity (Wildman–Crippen MR) is 84.7 cm³/mol. The normalized spacial score (nSPS) is 18.3. The Balaban J connectivity index is 1.73. The molecule has 0 saturated carbocycles. The van der Waals surface area contributed by atoms with Crippen molar-refractivity contribution in [2.24, 2.45) is 5.92 Å². The molecule has 2 aromatic rings. The summed E-state index contributed by atoms with van der Waals surface area (Å²) in [5, 5.41) is 0. The maximum absolute atomic E-state index is 13.2. The number of halogens is 2. The van der Waals surface area contributed by atoms with Crippen LogP contribution in [0.1, 0.15) is 12.0 Å². The van der Waals surface area contributed by atoms with Gasteiger partial charge in [-0.25, -0.2) is 4.39 Å². The largest absolute Gasteiger partial charge is 0.312 e. The smallest absolute Gasteiger partial charge is 0.230 e. The number of amides is 1. The number of rotatable bonds is 3. The zero-order valence-corrected chi connectivity index (χ0v) is 13.0. The van der Waals surface area contributed by atoms with Crippen LogP contribution < -0.4 is 4.90 Å². The van der Waals surface area contributed by atoms with Crippen LogP contribution in [0.3, 0.4) is 0 Å². The Bertz CT molecular complexity index is 656. The van der Waals surface area contributed by atoms with Crippen molar-refractivity contribution in [2.45, 2.75) is 12.8 Å². The average Bonchev–Trinajstić information content (AvgIpc) is 2.81.